The van der Waals surface area contributed by atoms with E-state index in [0.29, 0.717) is 17.5 Å². The third-order valence-electron chi connectivity index (χ3n) is 4.94. The van der Waals surface area contributed by atoms with Crippen LogP contribution in [0.2, 0.25) is 0 Å². The smallest absolute Gasteiger partial charge is 0.323 e. The number of aromatic nitrogens is 2. The van der Waals surface area contributed by atoms with Crippen LogP contribution < -0.4 is 26.0 Å². The van der Waals surface area contributed by atoms with E-state index < -0.39 is 0 Å². The Balaban J connectivity index is 1.37. The normalized spacial score (nSPS) is 10.4. The molecule has 35 heavy (non-hydrogen) atoms. The number of aryl methyl sites for hydroxylation is 1. The predicted molar refractivity (Wildman–Crippen MR) is 144 cm³/mol. The number of rotatable bonds is 8. The first-order valence-corrected chi connectivity index (χ1v) is 12.1. The van der Waals surface area contributed by atoms with Crippen molar-refractivity contribution >= 4 is 52.3 Å². The molecule has 0 aliphatic rings. The van der Waals surface area contributed by atoms with E-state index in [9.17, 15) is 4.79 Å². The van der Waals surface area contributed by atoms with E-state index in [1.807, 2.05) is 92.0 Å². The number of methoxy groups -OCH3 is 1. The number of urea groups is 1. The quantitative estimate of drug-likeness (QED) is 0.207. The molecule has 8 nitrogen and oxygen atoms in total. The van der Waals surface area contributed by atoms with Crippen molar-refractivity contribution in [2.24, 2.45) is 0 Å². The molecule has 0 radical (unpaired) electrons. The van der Waals surface area contributed by atoms with Crippen molar-refractivity contribution in [3.05, 3.63) is 84.6 Å². The average molecular weight is 487 g/mol. The topological polar surface area (TPSA) is 100 Å². The summed E-state index contributed by atoms with van der Waals surface area (Å²) in [6.07, 6.45) is 1.99. The first-order chi connectivity index (χ1) is 17.0. The van der Waals surface area contributed by atoms with Gasteiger partial charge in [0.15, 0.2) is 0 Å². The molecule has 0 aliphatic heterocycles. The van der Waals surface area contributed by atoms with E-state index >= 15 is 0 Å². The number of thioether (sulfide) groups is 1. The van der Waals surface area contributed by atoms with Crippen LogP contribution in [0.4, 0.5) is 39.3 Å². The van der Waals surface area contributed by atoms with Crippen molar-refractivity contribution in [3.8, 4) is 5.75 Å². The van der Waals surface area contributed by atoms with E-state index in [1.165, 1.54) is 0 Å². The summed E-state index contributed by atoms with van der Waals surface area (Å²) in [6, 6.07) is 24.2. The molecule has 3 aromatic carbocycles. The van der Waals surface area contributed by atoms with Gasteiger partial charge in [-0.1, -0.05) is 6.07 Å². The van der Waals surface area contributed by atoms with Gasteiger partial charge in [-0.2, -0.15) is 4.98 Å². The van der Waals surface area contributed by atoms with E-state index in [4.69, 9.17) is 4.74 Å². The van der Waals surface area contributed by atoms with E-state index in [0.717, 1.165) is 33.4 Å². The molecule has 0 aliphatic carbocycles. The van der Waals surface area contributed by atoms with E-state index in [2.05, 4.69) is 31.2 Å². The first kappa shape index (κ1) is 23.9. The number of carbonyl (C=O) groups is 1. The third-order valence-corrected chi connectivity index (χ3v) is 5.67. The monoisotopic (exact) mass is 486 g/mol. The van der Waals surface area contributed by atoms with Crippen LogP contribution in [0, 0.1) is 6.92 Å². The molecule has 0 saturated carbocycles. The summed E-state index contributed by atoms with van der Waals surface area (Å²) in [4.78, 5) is 22.4. The largest absolute Gasteiger partial charge is 0.497 e. The highest BCUT2D eigenvalue weighted by molar-refractivity contribution is 7.98. The summed E-state index contributed by atoms with van der Waals surface area (Å²) in [6.45, 7) is 1.91. The number of amides is 2. The zero-order valence-electron chi connectivity index (χ0n) is 19.6. The van der Waals surface area contributed by atoms with Crippen LogP contribution in [-0.4, -0.2) is 29.4 Å². The van der Waals surface area contributed by atoms with Gasteiger partial charge in [0.1, 0.15) is 11.6 Å². The van der Waals surface area contributed by atoms with Gasteiger partial charge in [-0.25, -0.2) is 9.78 Å². The number of anilines is 6. The van der Waals surface area contributed by atoms with Crippen molar-refractivity contribution in [1.82, 2.24) is 9.97 Å². The second kappa shape index (κ2) is 11.3. The highest BCUT2D eigenvalue weighted by atomic mass is 32.2. The molecule has 0 saturated heterocycles. The minimum Gasteiger partial charge on any atom is -0.497 e. The van der Waals surface area contributed by atoms with E-state index in [1.54, 1.807) is 18.9 Å². The van der Waals surface area contributed by atoms with Gasteiger partial charge in [-0.05, 0) is 79.9 Å². The molecule has 0 fully saturated rings. The fraction of sp³-hybridized carbons (Fsp3) is 0.115. The summed E-state index contributed by atoms with van der Waals surface area (Å²) < 4.78 is 5.20. The van der Waals surface area contributed by atoms with Gasteiger partial charge in [0.2, 0.25) is 5.95 Å². The fourth-order valence-electron chi connectivity index (χ4n) is 3.27. The molecule has 1 aromatic heterocycles. The van der Waals surface area contributed by atoms with Crippen molar-refractivity contribution in [2.75, 3.05) is 34.6 Å². The molecule has 0 atom stereocenters. The second-order valence-corrected chi connectivity index (χ2v) is 8.46. The lowest BCUT2D eigenvalue weighted by Gasteiger charge is -2.11. The standard InChI is InChI=1S/C26H26N6O2S/c1-17-15-24(28-18-11-13-22(34-2)14-12-18)32-25(27-17)29-19-7-9-20(10-8-19)30-26(33)31-21-5-4-6-23(16-21)35-3/h4-16H,1-3H3,(H2,30,31,33)(H2,27,28,29,32). The van der Waals surface area contributed by atoms with Crippen LogP contribution in [0.1, 0.15) is 5.69 Å². The highest BCUT2D eigenvalue weighted by Crippen LogP contribution is 2.23. The zero-order valence-corrected chi connectivity index (χ0v) is 20.4. The van der Waals surface area contributed by atoms with Gasteiger partial charge in [0.25, 0.3) is 0 Å². The van der Waals surface area contributed by atoms with Crippen LogP contribution in [0.25, 0.3) is 0 Å². The summed E-state index contributed by atoms with van der Waals surface area (Å²) in [5, 5.41) is 12.2. The summed E-state index contributed by atoms with van der Waals surface area (Å²) in [5.74, 6) is 1.93. The Bertz CT molecular complexity index is 1300. The summed E-state index contributed by atoms with van der Waals surface area (Å²) in [5.41, 5.74) is 3.91. The fourth-order valence-corrected chi connectivity index (χ4v) is 3.73. The number of hydrogen-bond acceptors (Lipinski definition) is 7. The number of nitrogens with zero attached hydrogens (tertiary/aromatic N) is 2. The minimum absolute atomic E-state index is 0.305. The lowest BCUT2D eigenvalue weighted by Crippen LogP contribution is -2.19. The minimum atomic E-state index is -0.305. The Labute approximate surface area is 208 Å². The summed E-state index contributed by atoms with van der Waals surface area (Å²) >= 11 is 1.62. The predicted octanol–water partition coefficient (Wildman–Crippen LogP) is 6.65. The molecule has 2 amide bonds. The van der Waals surface area contributed by atoms with Crippen molar-refractivity contribution in [1.29, 1.82) is 0 Å². The van der Waals surface area contributed by atoms with Crippen molar-refractivity contribution < 1.29 is 9.53 Å². The average Bonchev–Trinajstić information content (AvgIpc) is 2.85. The lowest BCUT2D eigenvalue weighted by atomic mass is 10.3. The Morgan fingerprint density at radius 2 is 1.46 bits per heavy atom. The molecule has 1 heterocycles. The van der Waals surface area contributed by atoms with Gasteiger partial charge in [0, 0.05) is 39.4 Å². The highest BCUT2D eigenvalue weighted by Gasteiger charge is 2.06. The van der Waals surface area contributed by atoms with Gasteiger partial charge < -0.3 is 26.0 Å². The number of benzene rings is 3. The molecular weight excluding hydrogens is 460 g/mol. The summed E-state index contributed by atoms with van der Waals surface area (Å²) in [7, 11) is 1.64. The number of hydrogen-bond donors (Lipinski definition) is 4. The molecule has 178 valence electrons. The molecule has 0 unspecified atom stereocenters. The maximum Gasteiger partial charge on any atom is 0.323 e. The lowest BCUT2D eigenvalue weighted by molar-refractivity contribution is 0.262. The SMILES string of the molecule is COc1ccc(Nc2cc(C)nc(Nc3ccc(NC(=O)Nc4cccc(SC)c4)cc3)n2)cc1. The molecule has 0 bridgehead atoms. The van der Waals surface area contributed by atoms with Crippen LogP contribution >= 0.6 is 11.8 Å². The zero-order chi connectivity index (χ0) is 24.6. The van der Waals surface area contributed by atoms with Gasteiger partial charge in [0.05, 0.1) is 7.11 Å². The third kappa shape index (κ3) is 6.87. The molecule has 4 N–H and O–H groups in total. The maximum atomic E-state index is 12.3. The Kier molecular flexibility index (Phi) is 7.69. The Hall–Kier alpha value is -4.24. The Morgan fingerprint density at radius 1 is 0.800 bits per heavy atom. The molecule has 4 rings (SSSR count). The van der Waals surface area contributed by atoms with Crippen LogP contribution in [-0.2, 0) is 0 Å². The first-order valence-electron chi connectivity index (χ1n) is 10.9. The second-order valence-electron chi connectivity index (χ2n) is 7.59. The van der Waals surface area contributed by atoms with Crippen LogP contribution in [0.3, 0.4) is 0 Å². The molecule has 0 spiro atoms. The maximum absolute atomic E-state index is 12.3. The van der Waals surface area contributed by atoms with Gasteiger partial charge in [-0.15, -0.1) is 11.8 Å². The number of nitrogens with one attached hydrogen (secondary N) is 4. The molecule has 4 aromatic rings. The van der Waals surface area contributed by atoms with E-state index in [-0.39, 0.29) is 6.03 Å². The Morgan fingerprint density at radius 3 is 2.17 bits per heavy atom. The van der Waals surface area contributed by atoms with Gasteiger partial charge in [-0.3, -0.25) is 0 Å². The number of carbonyl (C=O) groups excluding carboxylic acids is 1. The van der Waals surface area contributed by atoms with Crippen LogP contribution in [0.15, 0.2) is 83.8 Å². The van der Waals surface area contributed by atoms with Crippen molar-refractivity contribution in [3.63, 3.8) is 0 Å². The van der Waals surface area contributed by atoms with Gasteiger partial charge >= 0.3 is 6.03 Å². The van der Waals surface area contributed by atoms with Crippen molar-refractivity contribution in [2.45, 2.75) is 11.8 Å². The molecule has 9 heteroatoms. The molecular formula is C26H26N6O2S. The van der Waals surface area contributed by atoms with Crippen LogP contribution in [0.5, 0.6) is 5.75 Å². The number of ether oxygens (including phenoxy) is 1.